The van der Waals surface area contributed by atoms with Gasteiger partial charge in [-0.3, -0.25) is 10.4 Å². The van der Waals surface area contributed by atoms with Crippen molar-refractivity contribution in [1.82, 2.24) is 20.6 Å². The molecular weight excluding hydrogens is 276 g/mol. The molecule has 1 aromatic rings. The zero-order chi connectivity index (χ0) is 5.98. The number of nitrogens with two attached hydrogens (primary N) is 5. The van der Waals surface area contributed by atoms with Gasteiger partial charge in [0.2, 0.25) is 0 Å². The summed E-state index contributed by atoms with van der Waals surface area (Å²) in [6.45, 7) is 0. The van der Waals surface area contributed by atoms with Crippen LogP contribution in [0.5, 0.6) is 0 Å². The van der Waals surface area contributed by atoms with Crippen molar-refractivity contribution in [3.63, 3.8) is 0 Å². The molecule has 13 heteroatoms. The van der Waals surface area contributed by atoms with Crippen LogP contribution in [0.3, 0.4) is 0 Å². The Bertz CT molecular complexity index is 194. The molecule has 0 aliphatic carbocycles. The molecule has 15 heavy (non-hydrogen) atoms. The van der Waals surface area contributed by atoms with Crippen molar-refractivity contribution >= 4 is 5.97 Å². The first-order chi connectivity index (χ1) is 3.80. The van der Waals surface area contributed by atoms with Crippen molar-refractivity contribution in [2.75, 3.05) is 0 Å². The molecule has 1 aromatic heterocycles. The number of carboxylic acids is 1. The standard InChI is InChI=1S/C2H2N4O2.ClH.Co.5H2N/c7-2(8)1-3-5-6-4-1;;;;;;;/h(H2,3,4,5,6,7,8);1H;;5*1H2/q;;+3;5*-1/p-3. The first-order valence-electron chi connectivity index (χ1n) is 1.71. The van der Waals surface area contributed by atoms with E-state index in [0.29, 0.717) is 0 Å². The van der Waals surface area contributed by atoms with E-state index in [-0.39, 0.29) is 59.9 Å². The van der Waals surface area contributed by atoms with E-state index in [1.54, 1.807) is 0 Å². The van der Waals surface area contributed by atoms with Gasteiger partial charge in [-0.2, -0.15) is 0 Å². The van der Waals surface area contributed by atoms with Crippen molar-refractivity contribution in [3.05, 3.63) is 36.6 Å². The maximum atomic E-state index is 9.75. The first kappa shape index (κ1) is 47.9. The van der Waals surface area contributed by atoms with Gasteiger partial charge in [-0.25, -0.2) is 5.10 Å². The van der Waals surface area contributed by atoms with Gasteiger partial charge in [-0.15, -0.1) is 0 Å². The Balaban J connectivity index is -0.0000000183. The molecule has 0 fully saturated rings. The molecular formula is C2H10ClCoN9O2-5. The summed E-state index contributed by atoms with van der Waals surface area (Å²) in [4.78, 5) is 9.75. The van der Waals surface area contributed by atoms with Crippen LogP contribution in [-0.4, -0.2) is 21.4 Å². The average Bonchev–Trinajstić information content (AvgIpc) is 2.12. The molecule has 0 radical (unpaired) electrons. The minimum atomic E-state index is -1.46. The third-order valence-corrected chi connectivity index (χ3v) is 0.501. The van der Waals surface area contributed by atoms with Crippen LogP contribution in [0.1, 0.15) is 10.6 Å². The van der Waals surface area contributed by atoms with Gasteiger partial charge >= 0.3 is 16.8 Å². The number of tetrazole rings is 1. The van der Waals surface area contributed by atoms with E-state index in [2.05, 4.69) is 20.6 Å². The third kappa shape index (κ3) is 15.9. The molecule has 11 nitrogen and oxygen atoms in total. The first-order valence-corrected chi connectivity index (χ1v) is 1.71. The van der Waals surface area contributed by atoms with E-state index in [0.717, 1.165) is 0 Å². The van der Waals surface area contributed by atoms with Gasteiger partial charge in [0, 0.05) is 0 Å². The van der Waals surface area contributed by atoms with Crippen LogP contribution in [0.4, 0.5) is 0 Å². The molecule has 10 N–H and O–H groups in total. The van der Waals surface area contributed by atoms with E-state index in [1.807, 2.05) is 0 Å². The van der Waals surface area contributed by atoms with E-state index >= 15 is 0 Å². The van der Waals surface area contributed by atoms with Crippen molar-refractivity contribution in [2.24, 2.45) is 0 Å². The number of halogens is 1. The molecule has 1 heterocycles. The van der Waals surface area contributed by atoms with Crippen LogP contribution in [0, 0.1) is 0 Å². The summed E-state index contributed by atoms with van der Waals surface area (Å²) in [5.74, 6) is -1.94. The number of aromatic carboxylic acids is 1. The number of rotatable bonds is 1. The van der Waals surface area contributed by atoms with Gasteiger partial charge in [0.25, 0.3) is 0 Å². The maximum absolute atomic E-state index is 9.75. The Kier molecular flexibility index (Phi) is 74.0. The molecule has 96 valence electrons. The van der Waals surface area contributed by atoms with Crippen LogP contribution in [-0.2, 0) is 16.8 Å². The smallest absolute Gasteiger partial charge is 1.00 e. The second kappa shape index (κ2) is 23.2. The van der Waals surface area contributed by atoms with Gasteiger partial charge in [0.1, 0.15) is 0 Å². The molecule has 0 saturated carbocycles. The Hall–Kier alpha value is -0.864. The van der Waals surface area contributed by atoms with Gasteiger partial charge in [-0.1, -0.05) is 0 Å². The molecule has 0 bridgehead atoms. The number of carbonyl (C=O) groups is 1. The number of nitrogens with zero attached hydrogens (tertiary/aromatic N) is 4. The normalized spacial score (nSPS) is 4.80. The second-order valence-electron chi connectivity index (χ2n) is 0.990. The zero-order valence-corrected chi connectivity index (χ0v) is 9.00. The molecule has 0 atom stereocenters. The Morgan fingerprint density at radius 3 is 1.67 bits per heavy atom. The topological polar surface area (TPSA) is 260 Å². The van der Waals surface area contributed by atoms with Gasteiger partial charge < -0.3 is 58.2 Å². The fourth-order valence-corrected chi connectivity index (χ4v) is 0.226. The number of carboxylic acid groups (broad SMARTS) is 1. The van der Waals surface area contributed by atoms with Crippen LogP contribution >= 0.6 is 0 Å². The van der Waals surface area contributed by atoms with Crippen LogP contribution in [0.15, 0.2) is 0 Å². The van der Waals surface area contributed by atoms with Crippen LogP contribution < -0.4 is 22.7 Å². The second-order valence-corrected chi connectivity index (χ2v) is 0.990. The Morgan fingerprint density at radius 2 is 1.53 bits per heavy atom. The van der Waals surface area contributed by atoms with E-state index in [9.17, 15) is 9.90 Å². The molecule has 0 amide bonds. The predicted molar refractivity (Wildman–Crippen MR) is 43.9 cm³/mol. The quantitative estimate of drug-likeness (QED) is 0.550. The molecule has 0 aliphatic rings. The number of carbonyl (C=O) groups excluding carboxylic acids is 1. The van der Waals surface area contributed by atoms with Gasteiger partial charge in [0.15, 0.2) is 0 Å². The van der Waals surface area contributed by atoms with Crippen LogP contribution in [0.2, 0.25) is 0 Å². The Labute approximate surface area is 103 Å². The zero-order valence-electron chi connectivity index (χ0n) is 7.20. The third-order valence-electron chi connectivity index (χ3n) is 0.501. The van der Waals surface area contributed by atoms with Crippen LogP contribution in [0.25, 0.3) is 30.8 Å². The average molecular weight is 287 g/mol. The summed E-state index contributed by atoms with van der Waals surface area (Å²) < 4.78 is 0. The summed E-state index contributed by atoms with van der Waals surface area (Å²) in [6, 6.07) is 0. The molecule has 0 aromatic carbocycles. The molecule has 0 aliphatic heterocycles. The van der Waals surface area contributed by atoms with Crippen molar-refractivity contribution in [2.45, 2.75) is 0 Å². The minimum Gasteiger partial charge on any atom is -1.00 e. The van der Waals surface area contributed by atoms with E-state index < -0.39 is 11.8 Å². The summed E-state index contributed by atoms with van der Waals surface area (Å²) in [6.07, 6.45) is 0. The predicted octanol–water partition coefficient (Wildman–Crippen LogP) is -2.22. The van der Waals surface area contributed by atoms with Crippen molar-refractivity contribution < 1.29 is 39.1 Å². The van der Waals surface area contributed by atoms with Gasteiger partial charge in [-0.05, 0) is 0 Å². The summed E-state index contributed by atoms with van der Waals surface area (Å²) in [5.41, 5.74) is 0. The number of aromatic nitrogens is 4. The maximum Gasteiger partial charge on any atom is 3.00 e. The minimum absolute atomic E-state index is 0. The summed E-state index contributed by atoms with van der Waals surface area (Å²) >= 11 is 0. The SMILES string of the molecule is O=C([O-])c1nn[n-]n1.[Cl-].[Co+3].[NH2-].[NH2-].[NH2-].[NH2-].[NH2-]. The fraction of sp³-hybridized carbons (Fsp3) is 0. The van der Waals surface area contributed by atoms with E-state index in [1.165, 1.54) is 0 Å². The largest absolute Gasteiger partial charge is 3.00 e. The molecule has 0 spiro atoms. The van der Waals surface area contributed by atoms with Gasteiger partial charge in [0.05, 0.1) is 11.8 Å². The summed E-state index contributed by atoms with van der Waals surface area (Å²) in [7, 11) is 0. The fourth-order valence-electron chi connectivity index (χ4n) is 0.226. The van der Waals surface area contributed by atoms with E-state index in [4.69, 9.17) is 0 Å². The number of hydrogen-bond donors (Lipinski definition) is 0. The molecule has 0 unspecified atom stereocenters. The van der Waals surface area contributed by atoms with Crippen molar-refractivity contribution in [1.29, 1.82) is 0 Å². The summed E-state index contributed by atoms with van der Waals surface area (Å²) in [5, 5.41) is 21.5. The monoisotopic (exact) mass is 286 g/mol. The number of hydrogen-bond acceptors (Lipinski definition) is 5. The molecule has 1 rings (SSSR count). The Morgan fingerprint density at radius 1 is 1.13 bits per heavy atom. The van der Waals surface area contributed by atoms with Crippen molar-refractivity contribution in [3.8, 4) is 0 Å². The molecule has 0 saturated heterocycles.